The van der Waals surface area contributed by atoms with Crippen molar-refractivity contribution in [3.8, 4) is 11.4 Å². The minimum Gasteiger partial charge on any atom is -0.336 e. The van der Waals surface area contributed by atoms with Gasteiger partial charge in [0.25, 0.3) is 0 Å². The van der Waals surface area contributed by atoms with E-state index >= 15 is 0 Å². The van der Waals surface area contributed by atoms with Gasteiger partial charge in [-0.1, -0.05) is 23.7 Å². The number of para-hydroxylation sites is 1. The molecule has 0 spiro atoms. The number of nitrogens with one attached hydrogen (secondary N) is 2. The number of hydrogen-bond acceptors (Lipinski definition) is 3. The smallest absolute Gasteiger partial charge is 0.336 e. The molecule has 1 aromatic heterocycles. The molecule has 2 amide bonds. The van der Waals surface area contributed by atoms with Gasteiger partial charge in [0.2, 0.25) is 0 Å². The van der Waals surface area contributed by atoms with Crippen LogP contribution in [-0.4, -0.2) is 26.9 Å². The number of anilines is 1. The normalized spacial score (nSPS) is 13.3. The molecule has 1 saturated carbocycles. The van der Waals surface area contributed by atoms with Crippen LogP contribution in [0.5, 0.6) is 0 Å². The van der Waals surface area contributed by atoms with Crippen LogP contribution in [0.1, 0.15) is 18.9 Å². The third-order valence-corrected chi connectivity index (χ3v) is 4.95. The Hall–Kier alpha value is -3.13. The Kier molecular flexibility index (Phi) is 5.35. The molecule has 1 aliphatic carbocycles. The van der Waals surface area contributed by atoms with E-state index in [0.717, 1.165) is 12.8 Å². The Balaban J connectivity index is 1.44. The monoisotopic (exact) mass is 415 g/mol. The minimum absolute atomic E-state index is 0.118. The van der Waals surface area contributed by atoms with Crippen LogP contribution in [0.15, 0.2) is 53.3 Å². The highest BCUT2D eigenvalue weighted by atomic mass is 35.5. The second-order valence-electron chi connectivity index (χ2n) is 6.80. The van der Waals surface area contributed by atoms with E-state index in [0.29, 0.717) is 22.1 Å². The van der Waals surface area contributed by atoms with Gasteiger partial charge in [0, 0.05) is 18.2 Å². The highest BCUT2D eigenvalue weighted by molar-refractivity contribution is 6.33. The molecule has 9 heteroatoms. The Labute approximate surface area is 171 Å². The predicted molar refractivity (Wildman–Crippen MR) is 109 cm³/mol. The lowest BCUT2D eigenvalue weighted by molar-refractivity contribution is 0.251. The average molecular weight is 416 g/mol. The number of carbonyl (C=O) groups is 1. The maximum Gasteiger partial charge on any atom is 0.346 e. The van der Waals surface area contributed by atoms with Gasteiger partial charge in [0.1, 0.15) is 5.82 Å². The van der Waals surface area contributed by atoms with Gasteiger partial charge in [-0.3, -0.25) is 4.57 Å². The quantitative estimate of drug-likeness (QED) is 0.644. The fourth-order valence-corrected chi connectivity index (χ4v) is 3.21. The molecular weight excluding hydrogens is 397 g/mol. The molecule has 1 aliphatic rings. The van der Waals surface area contributed by atoms with Crippen molar-refractivity contribution < 1.29 is 9.18 Å². The van der Waals surface area contributed by atoms with E-state index < -0.39 is 6.03 Å². The molecule has 1 heterocycles. The van der Waals surface area contributed by atoms with Gasteiger partial charge in [0.15, 0.2) is 5.82 Å². The molecule has 2 N–H and O–H groups in total. The first-order valence-corrected chi connectivity index (χ1v) is 9.65. The number of rotatable bonds is 6. The number of amides is 2. The number of halogens is 2. The summed E-state index contributed by atoms with van der Waals surface area (Å²) in [6, 6.07) is 12.5. The zero-order chi connectivity index (χ0) is 20.4. The topological polar surface area (TPSA) is 81.0 Å². The second kappa shape index (κ2) is 8.08. The maximum atomic E-state index is 13.2. The summed E-state index contributed by atoms with van der Waals surface area (Å²) in [5, 5.41) is 10.2. The fraction of sp³-hybridized carbons (Fsp3) is 0.250. The first-order chi connectivity index (χ1) is 14.0. The number of benzene rings is 2. The average Bonchev–Trinajstić information content (AvgIpc) is 3.49. The largest absolute Gasteiger partial charge is 0.346 e. The van der Waals surface area contributed by atoms with Crippen LogP contribution in [-0.2, 0) is 6.54 Å². The van der Waals surface area contributed by atoms with E-state index in [9.17, 15) is 14.0 Å². The lowest BCUT2D eigenvalue weighted by atomic mass is 10.2. The summed E-state index contributed by atoms with van der Waals surface area (Å²) in [6.07, 6.45) is 1.83. The van der Waals surface area contributed by atoms with Crippen LogP contribution in [0.3, 0.4) is 0 Å². The van der Waals surface area contributed by atoms with Gasteiger partial charge >= 0.3 is 11.7 Å². The van der Waals surface area contributed by atoms with Gasteiger partial charge in [-0.15, -0.1) is 5.10 Å². The SMILES string of the molecule is O=C(NCCn1nc(-c2ccc(F)cc2)n(C2CC2)c1=O)Nc1ccccc1Cl. The van der Waals surface area contributed by atoms with Crippen LogP contribution in [0.25, 0.3) is 11.4 Å². The molecule has 0 radical (unpaired) electrons. The van der Waals surface area contributed by atoms with Crippen molar-refractivity contribution in [2.24, 2.45) is 0 Å². The Morgan fingerprint density at radius 3 is 2.59 bits per heavy atom. The van der Waals surface area contributed by atoms with E-state index in [1.165, 1.54) is 16.8 Å². The Morgan fingerprint density at radius 1 is 1.17 bits per heavy atom. The van der Waals surface area contributed by atoms with Gasteiger partial charge in [0.05, 0.1) is 17.3 Å². The van der Waals surface area contributed by atoms with E-state index in [2.05, 4.69) is 15.7 Å². The van der Waals surface area contributed by atoms with Gasteiger partial charge in [-0.2, -0.15) is 0 Å². The molecule has 4 rings (SSSR count). The third kappa shape index (κ3) is 4.32. The predicted octanol–water partition coefficient (Wildman–Crippen LogP) is 3.66. The van der Waals surface area contributed by atoms with E-state index in [4.69, 9.17) is 11.6 Å². The van der Waals surface area contributed by atoms with Crippen molar-refractivity contribution in [3.05, 3.63) is 69.9 Å². The van der Waals surface area contributed by atoms with Crippen molar-refractivity contribution in [2.45, 2.75) is 25.4 Å². The van der Waals surface area contributed by atoms with Crippen LogP contribution in [0, 0.1) is 5.82 Å². The van der Waals surface area contributed by atoms with Crippen molar-refractivity contribution >= 4 is 23.3 Å². The molecule has 1 fully saturated rings. The van der Waals surface area contributed by atoms with Crippen LogP contribution < -0.4 is 16.3 Å². The van der Waals surface area contributed by atoms with Crippen LogP contribution in [0.2, 0.25) is 5.02 Å². The van der Waals surface area contributed by atoms with Gasteiger partial charge in [-0.25, -0.2) is 18.7 Å². The third-order valence-electron chi connectivity index (χ3n) is 4.62. The van der Waals surface area contributed by atoms with Crippen LogP contribution in [0.4, 0.5) is 14.9 Å². The maximum absolute atomic E-state index is 13.2. The lowest BCUT2D eigenvalue weighted by Crippen LogP contribution is -2.34. The number of carbonyl (C=O) groups excluding carboxylic acids is 1. The molecule has 0 unspecified atom stereocenters. The molecule has 7 nitrogen and oxygen atoms in total. The summed E-state index contributed by atoms with van der Waals surface area (Å²) in [7, 11) is 0. The molecule has 0 aliphatic heterocycles. The van der Waals surface area contributed by atoms with Gasteiger partial charge < -0.3 is 10.6 Å². The van der Waals surface area contributed by atoms with Crippen molar-refractivity contribution in [3.63, 3.8) is 0 Å². The minimum atomic E-state index is -0.425. The molecule has 29 heavy (non-hydrogen) atoms. The summed E-state index contributed by atoms with van der Waals surface area (Å²) in [4.78, 5) is 24.8. The molecule has 0 saturated heterocycles. The van der Waals surface area contributed by atoms with E-state index in [1.807, 2.05) is 0 Å². The fourth-order valence-electron chi connectivity index (χ4n) is 3.03. The highest BCUT2D eigenvalue weighted by Crippen LogP contribution is 2.36. The van der Waals surface area contributed by atoms with Crippen LogP contribution >= 0.6 is 11.6 Å². The summed E-state index contributed by atoms with van der Waals surface area (Å²) < 4.78 is 16.2. The Bertz CT molecular complexity index is 1090. The van der Waals surface area contributed by atoms with E-state index in [1.54, 1.807) is 41.0 Å². The zero-order valence-corrected chi connectivity index (χ0v) is 16.2. The number of aromatic nitrogens is 3. The molecule has 0 bridgehead atoms. The summed E-state index contributed by atoms with van der Waals surface area (Å²) in [5.74, 6) is 0.167. The number of hydrogen-bond donors (Lipinski definition) is 2. The summed E-state index contributed by atoms with van der Waals surface area (Å²) >= 11 is 6.02. The molecular formula is C20H19ClFN5O2. The second-order valence-corrected chi connectivity index (χ2v) is 7.21. The molecule has 150 valence electrons. The molecule has 2 aromatic carbocycles. The number of urea groups is 1. The van der Waals surface area contributed by atoms with Crippen molar-refractivity contribution in [1.82, 2.24) is 19.7 Å². The molecule has 3 aromatic rings. The van der Waals surface area contributed by atoms with Crippen molar-refractivity contribution in [2.75, 3.05) is 11.9 Å². The van der Waals surface area contributed by atoms with Crippen molar-refractivity contribution in [1.29, 1.82) is 0 Å². The highest BCUT2D eigenvalue weighted by Gasteiger charge is 2.30. The lowest BCUT2D eigenvalue weighted by Gasteiger charge is -2.08. The summed E-state index contributed by atoms with van der Waals surface area (Å²) in [5.41, 5.74) is 0.944. The number of nitrogens with zero attached hydrogens (tertiary/aromatic N) is 3. The first-order valence-electron chi connectivity index (χ1n) is 9.27. The Morgan fingerprint density at radius 2 is 1.90 bits per heavy atom. The summed E-state index contributed by atoms with van der Waals surface area (Å²) in [6.45, 7) is 0.420. The van der Waals surface area contributed by atoms with E-state index in [-0.39, 0.29) is 30.6 Å². The molecule has 0 atom stereocenters. The van der Waals surface area contributed by atoms with Gasteiger partial charge in [-0.05, 0) is 49.2 Å². The standard InChI is InChI=1S/C20H19ClFN5O2/c21-16-3-1-2-4-17(16)24-19(28)23-11-12-26-20(29)27(15-9-10-15)18(25-26)13-5-7-14(22)8-6-13/h1-8,15H,9-12H2,(H2,23,24,28). The first kappa shape index (κ1) is 19.2. The zero-order valence-electron chi connectivity index (χ0n) is 15.4.